The lowest BCUT2D eigenvalue weighted by molar-refractivity contribution is 0.609. The number of allylic oxidation sites excluding steroid dienone is 1. The van der Waals surface area contributed by atoms with Gasteiger partial charge in [0, 0.05) is 10.7 Å². The van der Waals surface area contributed by atoms with Crippen LogP contribution in [0.4, 0.5) is 0 Å². The molecule has 2 rings (SSSR count). The Morgan fingerprint density at radius 1 is 1.36 bits per heavy atom. The summed E-state index contributed by atoms with van der Waals surface area (Å²) < 4.78 is 21.7. The zero-order chi connectivity index (χ0) is 10.2. The van der Waals surface area contributed by atoms with Crippen LogP contribution in [0.1, 0.15) is 16.7 Å². The van der Waals surface area contributed by atoms with Crippen molar-refractivity contribution in [1.82, 2.24) is 0 Å². The van der Waals surface area contributed by atoms with E-state index in [0.29, 0.717) is 0 Å². The molecule has 1 aliphatic rings. The fraction of sp³-hybridized carbons (Fsp3) is 0.200. The molecule has 0 bridgehead atoms. The van der Waals surface area contributed by atoms with Gasteiger partial charge in [0.25, 0.3) is 0 Å². The van der Waals surface area contributed by atoms with Crippen LogP contribution in [0.3, 0.4) is 0 Å². The van der Waals surface area contributed by atoms with Gasteiger partial charge in [-0.25, -0.2) is 8.42 Å². The number of fused-ring (bicyclic) bond motifs is 1. The Bertz CT molecular complexity index is 489. The van der Waals surface area contributed by atoms with Gasteiger partial charge in [0.1, 0.15) is 0 Å². The molecule has 0 aliphatic heterocycles. The summed E-state index contributed by atoms with van der Waals surface area (Å²) in [6.07, 6.45) is 4.99. The molecule has 74 valence electrons. The van der Waals surface area contributed by atoms with Crippen LogP contribution in [-0.4, -0.2) is 8.42 Å². The van der Waals surface area contributed by atoms with Crippen molar-refractivity contribution >= 4 is 25.8 Å². The third-order valence-electron chi connectivity index (χ3n) is 2.18. The summed E-state index contributed by atoms with van der Waals surface area (Å²) in [5.74, 6) is -0.102. The molecule has 4 heteroatoms. The summed E-state index contributed by atoms with van der Waals surface area (Å²) in [6, 6.07) is 5.64. The molecule has 0 aromatic heterocycles. The van der Waals surface area contributed by atoms with Gasteiger partial charge >= 0.3 is 0 Å². The van der Waals surface area contributed by atoms with Crippen LogP contribution in [0.2, 0.25) is 0 Å². The third-order valence-corrected chi connectivity index (χ3v) is 3.19. The number of hydrogen-bond acceptors (Lipinski definition) is 2. The van der Waals surface area contributed by atoms with Gasteiger partial charge in [0.05, 0.1) is 5.75 Å². The molecular weight excluding hydrogens is 220 g/mol. The van der Waals surface area contributed by atoms with Crippen LogP contribution in [0.25, 0.3) is 6.08 Å². The minimum absolute atomic E-state index is 0.102. The first kappa shape index (κ1) is 9.74. The molecule has 0 saturated carbocycles. The first-order valence-electron chi connectivity index (χ1n) is 4.25. The molecule has 2 nitrogen and oxygen atoms in total. The predicted octanol–water partition coefficient (Wildman–Crippen LogP) is 2.32. The highest BCUT2D eigenvalue weighted by Gasteiger charge is 2.10. The maximum Gasteiger partial charge on any atom is 0.236 e. The minimum atomic E-state index is -3.45. The summed E-state index contributed by atoms with van der Waals surface area (Å²) in [4.78, 5) is 0. The zero-order valence-corrected chi connectivity index (χ0v) is 8.98. The summed E-state index contributed by atoms with van der Waals surface area (Å²) in [7, 11) is 1.73. The standard InChI is InChI=1S/C10H9ClO2S/c11-14(12,13)7-8-4-5-9-2-1-3-10(9)6-8/h1,3-6H,2,7H2. The fourth-order valence-electron chi connectivity index (χ4n) is 1.59. The fourth-order valence-corrected chi connectivity index (χ4v) is 2.54. The van der Waals surface area contributed by atoms with Crippen molar-refractivity contribution in [2.24, 2.45) is 0 Å². The van der Waals surface area contributed by atoms with E-state index < -0.39 is 9.05 Å². The van der Waals surface area contributed by atoms with Crippen LogP contribution in [-0.2, 0) is 21.2 Å². The lowest BCUT2D eigenvalue weighted by Crippen LogP contribution is -1.95. The normalized spacial score (nSPS) is 14.4. The molecule has 0 saturated heterocycles. The minimum Gasteiger partial charge on any atom is -0.212 e. The molecule has 1 aromatic carbocycles. The molecule has 0 spiro atoms. The molecule has 0 fully saturated rings. The van der Waals surface area contributed by atoms with Crippen LogP contribution in [0.15, 0.2) is 24.3 Å². The number of hydrogen-bond donors (Lipinski definition) is 0. The van der Waals surface area contributed by atoms with Crippen molar-refractivity contribution in [3.05, 3.63) is 41.0 Å². The van der Waals surface area contributed by atoms with Crippen molar-refractivity contribution in [2.75, 3.05) is 0 Å². The predicted molar refractivity (Wildman–Crippen MR) is 57.7 cm³/mol. The van der Waals surface area contributed by atoms with Gasteiger partial charge in [0.15, 0.2) is 0 Å². The first-order valence-corrected chi connectivity index (χ1v) is 6.73. The lowest BCUT2D eigenvalue weighted by atomic mass is 10.1. The number of benzene rings is 1. The Morgan fingerprint density at radius 2 is 2.14 bits per heavy atom. The van der Waals surface area contributed by atoms with E-state index in [4.69, 9.17) is 10.7 Å². The number of halogens is 1. The summed E-state index contributed by atoms with van der Waals surface area (Å²) in [5.41, 5.74) is 3.08. The van der Waals surface area contributed by atoms with Crippen LogP contribution in [0, 0.1) is 0 Å². The highest BCUT2D eigenvalue weighted by atomic mass is 35.7. The number of rotatable bonds is 2. The average Bonchev–Trinajstić information content (AvgIpc) is 2.47. The molecule has 14 heavy (non-hydrogen) atoms. The molecular formula is C10H9ClO2S. The second-order valence-corrected chi connectivity index (χ2v) is 6.10. The van der Waals surface area contributed by atoms with E-state index in [1.165, 1.54) is 5.56 Å². The summed E-state index contributed by atoms with van der Waals surface area (Å²) in [5, 5.41) is 0. The van der Waals surface area contributed by atoms with Gasteiger partial charge in [-0.3, -0.25) is 0 Å². The maximum atomic E-state index is 10.8. The van der Waals surface area contributed by atoms with Crippen molar-refractivity contribution < 1.29 is 8.42 Å². The van der Waals surface area contributed by atoms with Crippen LogP contribution >= 0.6 is 10.7 Å². The molecule has 0 atom stereocenters. The van der Waals surface area contributed by atoms with E-state index in [0.717, 1.165) is 17.5 Å². The van der Waals surface area contributed by atoms with Crippen LogP contribution in [0.5, 0.6) is 0 Å². The maximum absolute atomic E-state index is 10.8. The zero-order valence-electron chi connectivity index (χ0n) is 7.40. The first-order chi connectivity index (χ1) is 6.54. The molecule has 1 aliphatic carbocycles. The van der Waals surface area contributed by atoms with Crippen molar-refractivity contribution in [3.63, 3.8) is 0 Å². The third kappa shape index (κ3) is 2.16. The lowest BCUT2D eigenvalue weighted by Gasteiger charge is -2.02. The van der Waals surface area contributed by atoms with E-state index in [-0.39, 0.29) is 5.75 Å². The van der Waals surface area contributed by atoms with Crippen molar-refractivity contribution in [1.29, 1.82) is 0 Å². The highest BCUT2D eigenvalue weighted by molar-refractivity contribution is 8.13. The average molecular weight is 229 g/mol. The Balaban J connectivity index is 2.33. The monoisotopic (exact) mass is 228 g/mol. The quantitative estimate of drug-likeness (QED) is 0.728. The summed E-state index contributed by atoms with van der Waals surface area (Å²) >= 11 is 0. The molecule has 0 amide bonds. The van der Waals surface area contributed by atoms with Gasteiger partial charge in [0.2, 0.25) is 9.05 Å². The SMILES string of the molecule is O=S(=O)(Cl)Cc1ccc2c(c1)C=CC2. The molecule has 0 heterocycles. The van der Waals surface area contributed by atoms with E-state index >= 15 is 0 Å². The molecule has 0 radical (unpaired) electrons. The summed E-state index contributed by atoms with van der Waals surface area (Å²) in [6.45, 7) is 0. The Hall–Kier alpha value is -0.800. The van der Waals surface area contributed by atoms with Gasteiger partial charge in [-0.05, 0) is 23.1 Å². The highest BCUT2D eigenvalue weighted by Crippen LogP contribution is 2.22. The van der Waals surface area contributed by atoms with E-state index in [9.17, 15) is 8.42 Å². The van der Waals surface area contributed by atoms with E-state index in [1.54, 1.807) is 0 Å². The van der Waals surface area contributed by atoms with Gasteiger partial charge in [-0.15, -0.1) is 0 Å². The smallest absolute Gasteiger partial charge is 0.212 e. The Kier molecular flexibility index (Phi) is 2.37. The largest absolute Gasteiger partial charge is 0.236 e. The second-order valence-electron chi connectivity index (χ2n) is 3.32. The van der Waals surface area contributed by atoms with Gasteiger partial charge < -0.3 is 0 Å². The van der Waals surface area contributed by atoms with Crippen molar-refractivity contribution in [2.45, 2.75) is 12.2 Å². The van der Waals surface area contributed by atoms with Crippen molar-refractivity contribution in [3.8, 4) is 0 Å². The Labute approximate surface area is 87.6 Å². The van der Waals surface area contributed by atoms with Gasteiger partial charge in [-0.1, -0.05) is 30.4 Å². The second kappa shape index (κ2) is 3.41. The topological polar surface area (TPSA) is 34.1 Å². The van der Waals surface area contributed by atoms with Crippen LogP contribution < -0.4 is 0 Å². The Morgan fingerprint density at radius 3 is 2.86 bits per heavy atom. The molecule has 1 aromatic rings. The van der Waals surface area contributed by atoms with E-state index in [2.05, 4.69) is 6.08 Å². The van der Waals surface area contributed by atoms with E-state index in [1.807, 2.05) is 24.3 Å². The van der Waals surface area contributed by atoms with Gasteiger partial charge in [-0.2, -0.15) is 0 Å². The molecule has 0 unspecified atom stereocenters. The molecule has 0 N–H and O–H groups in total.